The van der Waals surface area contributed by atoms with E-state index >= 15 is 0 Å². The quantitative estimate of drug-likeness (QED) is 0.302. The van der Waals surface area contributed by atoms with Crippen molar-refractivity contribution >= 4 is 5.97 Å². The highest BCUT2D eigenvalue weighted by Gasteiger charge is 2.51. The van der Waals surface area contributed by atoms with Crippen LogP contribution < -0.4 is 5.32 Å². The van der Waals surface area contributed by atoms with Gasteiger partial charge in [0.1, 0.15) is 0 Å². The number of nitrogens with one attached hydrogen (secondary N) is 1. The van der Waals surface area contributed by atoms with Crippen LogP contribution in [0, 0.1) is 6.92 Å². The number of carboxylic acids is 1. The first kappa shape index (κ1) is 23.1. The van der Waals surface area contributed by atoms with Gasteiger partial charge in [0.2, 0.25) is 0 Å². The smallest absolute Gasteiger partial charge is 0.314 e. The zero-order valence-corrected chi connectivity index (χ0v) is 20.1. The van der Waals surface area contributed by atoms with Crippen molar-refractivity contribution < 1.29 is 14.4 Å². The van der Waals surface area contributed by atoms with Crippen LogP contribution in [0.15, 0.2) is 83.4 Å². The minimum atomic E-state index is -0.725. The predicted octanol–water partition coefficient (Wildman–Crippen LogP) is 6.33. The van der Waals surface area contributed by atoms with Crippen molar-refractivity contribution in [3.05, 3.63) is 101 Å². The van der Waals surface area contributed by atoms with Gasteiger partial charge in [-0.2, -0.15) is 0 Å². The summed E-state index contributed by atoms with van der Waals surface area (Å²) >= 11 is 0. The molecule has 0 amide bonds. The molecule has 1 atom stereocenters. The molecular formula is C30H30N2O3. The van der Waals surface area contributed by atoms with E-state index in [1.165, 1.54) is 5.56 Å². The van der Waals surface area contributed by atoms with Crippen molar-refractivity contribution in [1.82, 2.24) is 10.5 Å². The molecule has 5 rings (SSSR count). The van der Waals surface area contributed by atoms with E-state index in [1.807, 2.05) is 37.3 Å². The number of nitrogens with zero attached hydrogens (tertiary/aromatic N) is 1. The Bertz CT molecular complexity index is 1300. The normalized spacial score (nSPS) is 15.0. The molecule has 1 fully saturated rings. The molecule has 4 aromatic rings. The van der Waals surface area contributed by atoms with E-state index in [0.29, 0.717) is 12.5 Å². The zero-order valence-electron chi connectivity index (χ0n) is 20.1. The molecule has 2 N–H and O–H groups in total. The number of hydrogen-bond acceptors (Lipinski definition) is 4. The lowest BCUT2D eigenvalue weighted by Crippen LogP contribution is -2.20. The largest absolute Gasteiger partial charge is 0.481 e. The fourth-order valence-corrected chi connectivity index (χ4v) is 4.68. The summed E-state index contributed by atoms with van der Waals surface area (Å²) in [5, 5.41) is 17.3. The Hall–Kier alpha value is -3.70. The Morgan fingerprint density at radius 1 is 0.971 bits per heavy atom. The van der Waals surface area contributed by atoms with Crippen molar-refractivity contribution in [1.29, 1.82) is 0 Å². The Kier molecular flexibility index (Phi) is 6.27. The maximum Gasteiger partial charge on any atom is 0.314 e. The number of aromatic nitrogens is 1. The average Bonchev–Trinajstić information content (AvgIpc) is 3.63. The van der Waals surface area contributed by atoms with E-state index in [2.05, 4.69) is 65.9 Å². The first-order chi connectivity index (χ1) is 17.0. The van der Waals surface area contributed by atoms with Gasteiger partial charge in [0.25, 0.3) is 0 Å². The number of hydrogen-bond donors (Lipinski definition) is 2. The molecule has 178 valence electrons. The number of benzene rings is 3. The minimum Gasteiger partial charge on any atom is -0.481 e. The molecule has 3 aromatic carbocycles. The minimum absolute atomic E-state index is 0.413. The SMILES string of the molecule is Cc1noc(-c2ccc(-c3ccc(C4(C(=O)O)CC4)cc3)cc2)c1CNCC(C)c1ccccc1. The maximum absolute atomic E-state index is 11.6. The third-order valence-electron chi connectivity index (χ3n) is 7.18. The summed E-state index contributed by atoms with van der Waals surface area (Å²) < 4.78 is 5.71. The summed E-state index contributed by atoms with van der Waals surface area (Å²) in [5.74, 6) is 0.481. The van der Waals surface area contributed by atoms with Crippen molar-refractivity contribution in [2.24, 2.45) is 0 Å². The molecule has 1 aliphatic carbocycles. The summed E-state index contributed by atoms with van der Waals surface area (Å²) in [6.07, 6.45) is 1.44. The molecule has 1 saturated carbocycles. The third-order valence-corrected chi connectivity index (χ3v) is 7.18. The molecule has 1 unspecified atom stereocenters. The molecular weight excluding hydrogens is 436 g/mol. The van der Waals surface area contributed by atoms with Crippen LogP contribution in [-0.2, 0) is 16.8 Å². The third kappa shape index (κ3) is 4.64. The van der Waals surface area contributed by atoms with E-state index in [9.17, 15) is 9.90 Å². The second-order valence-electron chi connectivity index (χ2n) is 9.56. The molecule has 0 bridgehead atoms. The van der Waals surface area contributed by atoms with Gasteiger partial charge < -0.3 is 14.9 Å². The number of carbonyl (C=O) groups is 1. The van der Waals surface area contributed by atoms with Gasteiger partial charge in [0, 0.05) is 24.2 Å². The number of aliphatic carboxylic acids is 1. The highest BCUT2D eigenvalue weighted by molar-refractivity contribution is 5.85. The van der Waals surface area contributed by atoms with Crippen LogP contribution in [0.4, 0.5) is 0 Å². The summed E-state index contributed by atoms with van der Waals surface area (Å²) in [7, 11) is 0. The highest BCUT2D eigenvalue weighted by Crippen LogP contribution is 2.48. The fraction of sp³-hybridized carbons (Fsp3) is 0.267. The molecule has 0 spiro atoms. The summed E-state index contributed by atoms with van der Waals surface area (Å²) in [6.45, 7) is 5.76. The van der Waals surface area contributed by atoms with Crippen LogP contribution in [0.25, 0.3) is 22.5 Å². The molecule has 1 aliphatic rings. The molecule has 1 heterocycles. The molecule has 0 radical (unpaired) electrons. The second kappa shape index (κ2) is 9.51. The van der Waals surface area contributed by atoms with Crippen LogP contribution in [0.2, 0.25) is 0 Å². The van der Waals surface area contributed by atoms with E-state index in [-0.39, 0.29) is 0 Å². The standard InChI is InChI=1S/C30H30N2O3/c1-20(22-6-4-3-5-7-22)18-31-19-27-21(2)32-35-28(27)25-10-8-23(9-11-25)24-12-14-26(15-13-24)30(16-17-30)29(33)34/h3-15,20,31H,16-19H2,1-2H3,(H,33,34). The number of rotatable bonds is 9. The highest BCUT2D eigenvalue weighted by atomic mass is 16.5. The van der Waals surface area contributed by atoms with Gasteiger partial charge in [-0.3, -0.25) is 4.79 Å². The summed E-state index contributed by atoms with van der Waals surface area (Å²) in [4.78, 5) is 11.6. The van der Waals surface area contributed by atoms with Gasteiger partial charge in [-0.05, 0) is 47.9 Å². The first-order valence-corrected chi connectivity index (χ1v) is 12.1. The lowest BCUT2D eigenvalue weighted by molar-refractivity contribution is -0.140. The summed E-state index contributed by atoms with van der Waals surface area (Å²) in [5.41, 5.74) is 6.64. The second-order valence-corrected chi connectivity index (χ2v) is 9.56. The van der Waals surface area contributed by atoms with Gasteiger partial charge in [-0.15, -0.1) is 0 Å². The summed E-state index contributed by atoms with van der Waals surface area (Å²) in [6, 6.07) is 26.7. The lowest BCUT2D eigenvalue weighted by atomic mass is 9.93. The monoisotopic (exact) mass is 466 g/mol. The molecule has 5 heteroatoms. The number of carboxylic acid groups (broad SMARTS) is 1. The van der Waals surface area contributed by atoms with Gasteiger partial charge in [0.05, 0.1) is 11.1 Å². The Labute approximate surface area is 205 Å². The van der Waals surface area contributed by atoms with Gasteiger partial charge in [0.15, 0.2) is 5.76 Å². The molecule has 1 aromatic heterocycles. The Balaban J connectivity index is 1.27. The molecule has 0 aliphatic heterocycles. The molecule has 5 nitrogen and oxygen atoms in total. The van der Waals surface area contributed by atoms with Crippen LogP contribution in [0.5, 0.6) is 0 Å². The van der Waals surface area contributed by atoms with Crippen molar-refractivity contribution in [3.63, 3.8) is 0 Å². The van der Waals surface area contributed by atoms with E-state index in [4.69, 9.17) is 4.52 Å². The molecule has 35 heavy (non-hydrogen) atoms. The van der Waals surface area contributed by atoms with E-state index < -0.39 is 11.4 Å². The van der Waals surface area contributed by atoms with Crippen molar-refractivity contribution in [3.8, 4) is 22.5 Å². The zero-order chi connectivity index (χ0) is 24.4. The van der Waals surface area contributed by atoms with Crippen LogP contribution in [-0.4, -0.2) is 22.8 Å². The maximum atomic E-state index is 11.6. The van der Waals surface area contributed by atoms with Gasteiger partial charge in [-0.1, -0.05) is 90.9 Å². The lowest BCUT2D eigenvalue weighted by Gasteiger charge is -2.13. The van der Waals surface area contributed by atoms with Gasteiger partial charge in [-0.25, -0.2) is 0 Å². The van der Waals surface area contributed by atoms with Crippen molar-refractivity contribution in [2.45, 2.75) is 44.6 Å². The van der Waals surface area contributed by atoms with Crippen molar-refractivity contribution in [2.75, 3.05) is 6.54 Å². The van der Waals surface area contributed by atoms with Gasteiger partial charge >= 0.3 is 5.97 Å². The van der Waals surface area contributed by atoms with E-state index in [0.717, 1.165) is 58.7 Å². The molecule has 0 saturated heterocycles. The first-order valence-electron chi connectivity index (χ1n) is 12.1. The van der Waals surface area contributed by atoms with Crippen LogP contribution in [0.1, 0.15) is 48.1 Å². The average molecular weight is 467 g/mol. The van der Waals surface area contributed by atoms with Crippen LogP contribution >= 0.6 is 0 Å². The Morgan fingerprint density at radius 3 is 2.17 bits per heavy atom. The van der Waals surface area contributed by atoms with Crippen LogP contribution in [0.3, 0.4) is 0 Å². The fourth-order valence-electron chi connectivity index (χ4n) is 4.68. The predicted molar refractivity (Wildman–Crippen MR) is 137 cm³/mol. The van der Waals surface area contributed by atoms with E-state index in [1.54, 1.807) is 0 Å². The number of aryl methyl sites for hydroxylation is 1. The Morgan fingerprint density at radius 2 is 1.57 bits per heavy atom. The topological polar surface area (TPSA) is 75.4 Å².